The van der Waals surface area contributed by atoms with Gasteiger partial charge >= 0.3 is 0 Å². The lowest BCUT2D eigenvalue weighted by Crippen LogP contribution is -2.33. The molecule has 140 valence electrons. The lowest BCUT2D eigenvalue weighted by Gasteiger charge is -2.26. The Morgan fingerprint density at radius 1 is 1.19 bits per heavy atom. The fourth-order valence-corrected chi connectivity index (χ4v) is 3.13. The number of carbonyl (C=O) groups is 2. The summed E-state index contributed by atoms with van der Waals surface area (Å²) in [6.07, 6.45) is 4.01. The smallest absolute Gasteiger partial charge is 0.270 e. The van der Waals surface area contributed by atoms with Crippen molar-refractivity contribution in [2.24, 2.45) is 5.16 Å². The molecule has 0 aliphatic heterocycles. The van der Waals surface area contributed by atoms with E-state index in [9.17, 15) is 9.59 Å². The molecule has 1 aliphatic rings. The summed E-state index contributed by atoms with van der Waals surface area (Å²) in [6.45, 7) is 1.74. The highest BCUT2D eigenvalue weighted by Gasteiger charge is 2.21. The molecule has 2 aromatic carbocycles. The number of aryl methyl sites for hydroxylation is 2. The van der Waals surface area contributed by atoms with Crippen molar-refractivity contribution in [3.8, 4) is 0 Å². The SMILES string of the molecule is Cc1ccc(NC(=O)C=NOCC(=O)NC2CCCc3ccccc32)cc1. The van der Waals surface area contributed by atoms with Crippen LogP contribution in [0.3, 0.4) is 0 Å². The molecule has 0 radical (unpaired) electrons. The summed E-state index contributed by atoms with van der Waals surface area (Å²) in [4.78, 5) is 28.8. The van der Waals surface area contributed by atoms with E-state index in [-0.39, 0.29) is 18.6 Å². The van der Waals surface area contributed by atoms with E-state index in [1.54, 1.807) is 12.1 Å². The number of hydrogen-bond acceptors (Lipinski definition) is 4. The first-order valence-electron chi connectivity index (χ1n) is 9.02. The molecular formula is C21H23N3O3. The van der Waals surface area contributed by atoms with E-state index in [2.05, 4.69) is 21.9 Å². The molecule has 0 saturated carbocycles. The van der Waals surface area contributed by atoms with Crippen molar-refractivity contribution in [1.29, 1.82) is 0 Å². The maximum atomic E-state index is 12.1. The Hall–Kier alpha value is -3.15. The normalized spacial score (nSPS) is 15.8. The molecule has 0 fully saturated rings. The number of carbonyl (C=O) groups excluding carboxylic acids is 2. The van der Waals surface area contributed by atoms with Crippen molar-refractivity contribution in [3.05, 3.63) is 65.2 Å². The first kappa shape index (κ1) is 18.6. The van der Waals surface area contributed by atoms with Crippen LogP contribution >= 0.6 is 0 Å². The molecule has 2 amide bonds. The minimum Gasteiger partial charge on any atom is -0.386 e. The van der Waals surface area contributed by atoms with Gasteiger partial charge in [0.2, 0.25) is 0 Å². The number of nitrogens with one attached hydrogen (secondary N) is 2. The third-order valence-corrected chi connectivity index (χ3v) is 4.46. The number of hydrogen-bond donors (Lipinski definition) is 2. The van der Waals surface area contributed by atoms with E-state index in [4.69, 9.17) is 4.84 Å². The molecule has 1 atom stereocenters. The summed E-state index contributed by atoms with van der Waals surface area (Å²) in [6, 6.07) is 15.6. The first-order valence-corrected chi connectivity index (χ1v) is 9.02. The molecule has 6 heteroatoms. The van der Waals surface area contributed by atoms with Gasteiger partial charge in [-0.05, 0) is 49.4 Å². The molecule has 0 saturated heterocycles. The molecule has 3 rings (SSSR count). The van der Waals surface area contributed by atoms with Crippen LogP contribution in [-0.2, 0) is 20.8 Å². The third kappa shape index (κ3) is 5.41. The van der Waals surface area contributed by atoms with Gasteiger partial charge in [-0.2, -0.15) is 0 Å². The van der Waals surface area contributed by atoms with Crippen LogP contribution in [-0.4, -0.2) is 24.6 Å². The van der Waals surface area contributed by atoms with Crippen molar-refractivity contribution in [2.45, 2.75) is 32.2 Å². The maximum absolute atomic E-state index is 12.1. The lowest BCUT2D eigenvalue weighted by molar-refractivity contribution is -0.126. The fourth-order valence-electron chi connectivity index (χ4n) is 3.13. The Bertz CT molecular complexity index is 831. The van der Waals surface area contributed by atoms with Crippen LogP contribution in [0.4, 0.5) is 5.69 Å². The summed E-state index contributed by atoms with van der Waals surface area (Å²) in [5.74, 6) is -0.673. The van der Waals surface area contributed by atoms with Crippen LogP contribution in [0, 0.1) is 6.92 Å². The number of rotatable bonds is 6. The first-order chi connectivity index (χ1) is 13.1. The molecule has 6 nitrogen and oxygen atoms in total. The van der Waals surface area contributed by atoms with Gasteiger partial charge in [-0.3, -0.25) is 9.59 Å². The quantitative estimate of drug-likeness (QED) is 0.610. The van der Waals surface area contributed by atoms with Crippen LogP contribution in [0.15, 0.2) is 53.7 Å². The maximum Gasteiger partial charge on any atom is 0.270 e. The molecule has 2 N–H and O–H groups in total. The Morgan fingerprint density at radius 2 is 1.96 bits per heavy atom. The Kier molecular flexibility index (Phi) is 6.20. The van der Waals surface area contributed by atoms with Crippen LogP contribution in [0.1, 0.15) is 35.6 Å². The van der Waals surface area contributed by atoms with E-state index in [1.165, 1.54) is 5.56 Å². The second-order valence-electron chi connectivity index (χ2n) is 6.57. The van der Waals surface area contributed by atoms with Gasteiger partial charge < -0.3 is 15.5 Å². The third-order valence-electron chi connectivity index (χ3n) is 4.46. The zero-order valence-electron chi connectivity index (χ0n) is 15.3. The van der Waals surface area contributed by atoms with Gasteiger partial charge in [0.1, 0.15) is 6.21 Å². The predicted octanol–water partition coefficient (Wildman–Crippen LogP) is 3.13. The molecule has 1 aliphatic carbocycles. The summed E-state index contributed by atoms with van der Waals surface area (Å²) in [5, 5.41) is 9.20. The highest BCUT2D eigenvalue weighted by Crippen LogP contribution is 2.29. The number of amides is 2. The second kappa shape index (κ2) is 8.98. The minimum atomic E-state index is -0.416. The lowest BCUT2D eigenvalue weighted by atomic mass is 9.88. The standard InChI is InChI=1S/C21H23N3O3/c1-15-9-11-17(12-10-15)23-20(25)13-22-27-14-21(26)24-19-8-4-6-16-5-2-3-7-18(16)19/h2-3,5,7,9-13,19H,4,6,8,14H2,1H3,(H,23,25)(H,24,26). The molecule has 0 aromatic heterocycles. The van der Waals surface area contributed by atoms with E-state index < -0.39 is 5.91 Å². The Balaban J connectivity index is 1.42. The van der Waals surface area contributed by atoms with Gasteiger partial charge in [0, 0.05) is 5.69 Å². The molecule has 0 spiro atoms. The summed E-state index contributed by atoms with van der Waals surface area (Å²) in [5.41, 5.74) is 4.22. The summed E-state index contributed by atoms with van der Waals surface area (Å²) in [7, 11) is 0. The van der Waals surface area contributed by atoms with Crippen molar-refractivity contribution < 1.29 is 14.4 Å². The molecule has 27 heavy (non-hydrogen) atoms. The zero-order chi connectivity index (χ0) is 19.1. The monoisotopic (exact) mass is 365 g/mol. The van der Waals surface area contributed by atoms with Gasteiger partial charge in [-0.1, -0.05) is 47.1 Å². The number of nitrogens with zero attached hydrogens (tertiary/aromatic N) is 1. The van der Waals surface area contributed by atoms with Crippen LogP contribution in [0.2, 0.25) is 0 Å². The van der Waals surface area contributed by atoms with E-state index in [0.29, 0.717) is 5.69 Å². The summed E-state index contributed by atoms with van der Waals surface area (Å²) < 4.78 is 0. The number of benzene rings is 2. The molecule has 0 heterocycles. The summed E-state index contributed by atoms with van der Waals surface area (Å²) >= 11 is 0. The van der Waals surface area contributed by atoms with E-state index >= 15 is 0 Å². The van der Waals surface area contributed by atoms with Crippen molar-refractivity contribution in [1.82, 2.24) is 5.32 Å². The van der Waals surface area contributed by atoms with Gasteiger partial charge in [-0.25, -0.2) is 0 Å². The Morgan fingerprint density at radius 3 is 2.78 bits per heavy atom. The molecule has 2 aromatic rings. The Labute approximate surface area is 158 Å². The molecule has 0 bridgehead atoms. The predicted molar refractivity (Wildman–Crippen MR) is 105 cm³/mol. The number of oxime groups is 1. The van der Waals surface area contributed by atoms with E-state index in [1.807, 2.05) is 37.3 Å². The van der Waals surface area contributed by atoms with Crippen molar-refractivity contribution in [2.75, 3.05) is 11.9 Å². The van der Waals surface area contributed by atoms with Crippen LogP contribution in [0.5, 0.6) is 0 Å². The number of fused-ring (bicyclic) bond motifs is 1. The average Bonchev–Trinajstić information content (AvgIpc) is 2.67. The average molecular weight is 365 g/mol. The zero-order valence-corrected chi connectivity index (χ0v) is 15.3. The van der Waals surface area contributed by atoms with Gasteiger partial charge in [0.05, 0.1) is 6.04 Å². The van der Waals surface area contributed by atoms with Crippen LogP contribution < -0.4 is 10.6 Å². The van der Waals surface area contributed by atoms with E-state index in [0.717, 1.165) is 36.6 Å². The van der Waals surface area contributed by atoms with Crippen molar-refractivity contribution >= 4 is 23.7 Å². The minimum absolute atomic E-state index is 0.000125. The largest absolute Gasteiger partial charge is 0.386 e. The van der Waals surface area contributed by atoms with Gasteiger partial charge in [0.15, 0.2) is 6.61 Å². The molecule has 1 unspecified atom stereocenters. The highest BCUT2D eigenvalue weighted by molar-refractivity contribution is 6.31. The molecular weight excluding hydrogens is 342 g/mol. The highest BCUT2D eigenvalue weighted by atomic mass is 16.6. The fraction of sp³-hybridized carbons (Fsp3) is 0.286. The van der Waals surface area contributed by atoms with Gasteiger partial charge in [-0.15, -0.1) is 0 Å². The van der Waals surface area contributed by atoms with Gasteiger partial charge in [0.25, 0.3) is 11.8 Å². The second-order valence-corrected chi connectivity index (χ2v) is 6.57. The number of anilines is 1. The topological polar surface area (TPSA) is 79.8 Å². The van der Waals surface area contributed by atoms with Crippen LogP contribution in [0.25, 0.3) is 0 Å². The van der Waals surface area contributed by atoms with Crippen molar-refractivity contribution in [3.63, 3.8) is 0 Å².